The molecule has 0 bridgehead atoms. The molecular formula is C91H178O8. The van der Waals surface area contributed by atoms with E-state index in [9.17, 15) is 20.1 Å². The molecule has 3 N–H and O–H groups in total. The average Bonchev–Trinajstić information content (AvgIpc) is 1.72. The molecule has 1 heterocycles. The average molecular weight is 1400 g/mol. The van der Waals surface area contributed by atoms with Crippen LogP contribution in [0.5, 0.6) is 0 Å². The van der Waals surface area contributed by atoms with Gasteiger partial charge in [-0.25, -0.2) is 0 Å². The van der Waals surface area contributed by atoms with Crippen LogP contribution in [0.15, 0.2) is 0 Å². The Morgan fingerprint density at radius 1 is 0.354 bits per heavy atom. The summed E-state index contributed by atoms with van der Waals surface area (Å²) in [6.07, 6.45) is 96.6. The normalized spacial score (nSPS) is 18.9. The maximum Gasteiger partial charge on any atom is 0.311 e. The molecule has 1 aliphatic heterocycles. The minimum atomic E-state index is -1.19. The van der Waals surface area contributed by atoms with E-state index in [-0.39, 0.29) is 6.61 Å². The first-order valence-electron chi connectivity index (χ1n) is 45.7. The van der Waals surface area contributed by atoms with Gasteiger partial charge in [0.25, 0.3) is 0 Å². The Hall–Kier alpha value is -0.770. The molecule has 1 aliphatic carbocycles. The zero-order valence-corrected chi connectivity index (χ0v) is 67.7. The summed E-state index contributed by atoms with van der Waals surface area (Å²) in [4.78, 5) is 13.5. The summed E-state index contributed by atoms with van der Waals surface area (Å²) < 4.78 is 22.4. The van der Waals surface area contributed by atoms with Crippen LogP contribution in [-0.4, -0.2) is 78.9 Å². The molecule has 0 radical (unpaired) electrons. The second kappa shape index (κ2) is 72.8. The number of carbonyl (C=O) groups excluding carboxylic acids is 1. The van der Waals surface area contributed by atoms with Crippen LogP contribution in [0.3, 0.4) is 0 Å². The predicted octanol–water partition coefficient (Wildman–Crippen LogP) is 28.4. The van der Waals surface area contributed by atoms with Gasteiger partial charge in [-0.1, -0.05) is 464 Å². The molecule has 10 atom stereocenters. The van der Waals surface area contributed by atoms with Crippen LogP contribution in [-0.2, 0) is 23.7 Å². The van der Waals surface area contributed by atoms with Crippen LogP contribution in [0.2, 0.25) is 0 Å². The van der Waals surface area contributed by atoms with Crippen molar-refractivity contribution in [2.75, 3.05) is 20.8 Å². The summed E-state index contributed by atoms with van der Waals surface area (Å²) in [5, 5.41) is 32.0. The summed E-state index contributed by atoms with van der Waals surface area (Å²) in [6, 6.07) is 0. The number of rotatable bonds is 82. The Kier molecular flexibility index (Phi) is 69.3. The molecule has 8 nitrogen and oxygen atoms in total. The van der Waals surface area contributed by atoms with E-state index < -0.39 is 42.6 Å². The first-order valence-corrected chi connectivity index (χ1v) is 45.7. The molecule has 99 heavy (non-hydrogen) atoms. The van der Waals surface area contributed by atoms with Gasteiger partial charge in [-0.3, -0.25) is 4.79 Å². The van der Waals surface area contributed by atoms with Gasteiger partial charge in [-0.2, -0.15) is 0 Å². The number of carbonyl (C=O) groups is 1. The molecular weight excluding hydrogens is 1220 g/mol. The van der Waals surface area contributed by atoms with Crippen molar-refractivity contribution >= 4 is 5.97 Å². The topological polar surface area (TPSA) is 115 Å². The minimum absolute atomic E-state index is 0.168. The van der Waals surface area contributed by atoms with Gasteiger partial charge in [0.05, 0.1) is 18.1 Å². The summed E-state index contributed by atoms with van der Waals surface area (Å²) >= 11 is 0. The smallest absolute Gasteiger partial charge is 0.311 e. The van der Waals surface area contributed by atoms with E-state index in [4.69, 9.17) is 18.9 Å². The lowest BCUT2D eigenvalue weighted by Gasteiger charge is -2.23. The maximum absolute atomic E-state index is 13.5. The second-order valence-electron chi connectivity index (χ2n) is 33.3. The molecule has 1 saturated heterocycles. The zero-order chi connectivity index (χ0) is 71.2. The third-order valence-electron chi connectivity index (χ3n) is 24.0. The van der Waals surface area contributed by atoms with E-state index >= 15 is 0 Å². The van der Waals surface area contributed by atoms with Crippen molar-refractivity contribution in [3.05, 3.63) is 0 Å². The summed E-state index contributed by atoms with van der Waals surface area (Å²) in [5.74, 6) is 1.84. The molecule has 0 aromatic rings. The van der Waals surface area contributed by atoms with Crippen molar-refractivity contribution in [2.24, 2.45) is 23.7 Å². The Morgan fingerprint density at radius 3 is 0.899 bits per heavy atom. The fraction of sp³-hybridized carbons (Fsp3) is 0.989. The van der Waals surface area contributed by atoms with Crippen LogP contribution in [0.25, 0.3) is 0 Å². The van der Waals surface area contributed by atoms with Gasteiger partial charge in [0.1, 0.15) is 24.9 Å². The second-order valence-corrected chi connectivity index (χ2v) is 33.3. The van der Waals surface area contributed by atoms with Crippen LogP contribution >= 0.6 is 0 Å². The molecule has 2 aliphatic rings. The monoisotopic (exact) mass is 1400 g/mol. The third kappa shape index (κ3) is 58.1. The Morgan fingerprint density at radius 2 is 0.616 bits per heavy atom. The number of aliphatic hydroxyl groups excluding tert-OH is 3. The number of hydrogen-bond acceptors (Lipinski definition) is 8. The van der Waals surface area contributed by atoms with Gasteiger partial charge in [0, 0.05) is 14.2 Å². The Balaban J connectivity index is 1.33. The van der Waals surface area contributed by atoms with E-state index in [1.165, 1.54) is 437 Å². The molecule has 0 aromatic heterocycles. The summed E-state index contributed by atoms with van der Waals surface area (Å²) in [6.45, 7) is 6.88. The molecule has 2 fully saturated rings. The summed E-state index contributed by atoms with van der Waals surface area (Å²) in [7, 11) is 3.37. The zero-order valence-electron chi connectivity index (χ0n) is 67.7. The first kappa shape index (κ1) is 94.3. The van der Waals surface area contributed by atoms with Crippen LogP contribution < -0.4 is 0 Å². The highest BCUT2D eigenvalue weighted by atomic mass is 16.7. The standard InChI is InChI=1S/C91H178O8/c1-6-8-10-12-14-16-18-20-22-24-25-26-27-28-29-33-40-46-52-58-64-70-76-84(90(95)98-80-87-88(93)89(94)91(97-5)99-87)85(92)77-71-65-59-53-47-41-34-30-32-38-44-50-56-62-68-74-82-79-83(82)75-69-63-57-51-45-39-35-36-42-48-54-60-66-72-78-86(96-4)81(3)73-67-61-55-49-43-37-31-23-21-19-17-15-13-11-9-7-2/h81-89,91-94H,6-80H2,1-5H3/t81-,82+,83?,84+,85+,86+,87+,88+,89-,91-/m0/s1. The third-order valence-corrected chi connectivity index (χ3v) is 24.0. The predicted molar refractivity (Wildman–Crippen MR) is 428 cm³/mol. The van der Waals surface area contributed by atoms with Crippen LogP contribution in [0.1, 0.15) is 496 Å². The van der Waals surface area contributed by atoms with Crippen molar-refractivity contribution in [3.8, 4) is 0 Å². The molecule has 590 valence electrons. The number of aliphatic hydroxyl groups is 3. The maximum atomic E-state index is 13.5. The van der Waals surface area contributed by atoms with E-state index in [0.717, 1.165) is 43.9 Å². The van der Waals surface area contributed by atoms with Gasteiger partial charge in [0.2, 0.25) is 0 Å². The van der Waals surface area contributed by atoms with E-state index in [1.54, 1.807) is 0 Å². The molecule has 8 heteroatoms. The van der Waals surface area contributed by atoms with Gasteiger partial charge in [-0.15, -0.1) is 0 Å². The highest BCUT2D eigenvalue weighted by molar-refractivity contribution is 5.73. The lowest BCUT2D eigenvalue weighted by molar-refractivity contribution is -0.170. The summed E-state index contributed by atoms with van der Waals surface area (Å²) in [5.41, 5.74) is 0. The highest BCUT2D eigenvalue weighted by Gasteiger charge is 2.44. The van der Waals surface area contributed by atoms with E-state index in [0.29, 0.717) is 24.9 Å². The van der Waals surface area contributed by atoms with Gasteiger partial charge in [0.15, 0.2) is 6.29 Å². The van der Waals surface area contributed by atoms with Gasteiger partial charge < -0.3 is 34.3 Å². The molecule has 0 amide bonds. The van der Waals surface area contributed by atoms with Crippen LogP contribution in [0, 0.1) is 23.7 Å². The fourth-order valence-corrected chi connectivity index (χ4v) is 16.7. The molecule has 2 rings (SSSR count). The molecule has 1 unspecified atom stereocenters. The number of unbranched alkanes of at least 4 members (excludes halogenated alkanes) is 63. The minimum Gasteiger partial charge on any atom is -0.463 e. The van der Waals surface area contributed by atoms with Crippen molar-refractivity contribution in [1.29, 1.82) is 0 Å². The van der Waals surface area contributed by atoms with Crippen molar-refractivity contribution < 1.29 is 39.1 Å². The molecule has 0 spiro atoms. The van der Waals surface area contributed by atoms with E-state index in [2.05, 4.69) is 20.8 Å². The quantitative estimate of drug-likeness (QED) is 0.0408. The van der Waals surface area contributed by atoms with Crippen molar-refractivity contribution in [3.63, 3.8) is 0 Å². The van der Waals surface area contributed by atoms with Gasteiger partial charge in [-0.05, 0) is 49.9 Å². The largest absolute Gasteiger partial charge is 0.463 e. The van der Waals surface area contributed by atoms with Gasteiger partial charge >= 0.3 is 5.97 Å². The van der Waals surface area contributed by atoms with Crippen molar-refractivity contribution in [2.45, 2.75) is 533 Å². The number of hydrogen-bond donors (Lipinski definition) is 3. The number of esters is 1. The lowest BCUT2D eigenvalue weighted by atomic mass is 9.91. The molecule has 0 aromatic carbocycles. The first-order chi connectivity index (χ1) is 48.8. The van der Waals surface area contributed by atoms with Crippen LogP contribution in [0.4, 0.5) is 0 Å². The molecule has 1 saturated carbocycles. The SMILES string of the molecule is CCCCCCCCCCCCCCCCCCCCCCCC[C@@H](C(=O)OC[C@H]1O[C@H](OC)[C@@H](O)[C@@H]1O)[C@H](O)CCCCCCCCCCCCCCCCC[C@@H]1CC1CCCCCCCCCCCCCCCC[C@@H](OC)[C@@H](C)CCCCCCCCCCCCCCCCCC. The highest BCUT2D eigenvalue weighted by Crippen LogP contribution is 2.46. The van der Waals surface area contributed by atoms with Crippen molar-refractivity contribution in [1.82, 2.24) is 0 Å². The fourth-order valence-electron chi connectivity index (χ4n) is 16.7. The Labute approximate surface area is 619 Å². The van der Waals surface area contributed by atoms with E-state index in [1.807, 2.05) is 7.11 Å². The lowest BCUT2D eigenvalue weighted by Crippen LogP contribution is -2.37. The number of ether oxygens (including phenoxy) is 4. The number of methoxy groups -OCH3 is 2. The Bertz CT molecular complexity index is 1610.